The summed E-state index contributed by atoms with van der Waals surface area (Å²) in [6.45, 7) is 0. The van der Waals surface area contributed by atoms with E-state index in [0.29, 0.717) is 10.9 Å². The van der Waals surface area contributed by atoms with Crippen molar-refractivity contribution in [3.8, 4) is 0 Å². The summed E-state index contributed by atoms with van der Waals surface area (Å²) < 4.78 is 14.2. The van der Waals surface area contributed by atoms with Gasteiger partial charge in [0.05, 0.1) is 11.2 Å². The van der Waals surface area contributed by atoms with Crippen molar-refractivity contribution in [2.45, 2.75) is 3.74 Å². The third-order valence-corrected chi connectivity index (χ3v) is 3.58. The van der Waals surface area contributed by atoms with Gasteiger partial charge in [0.15, 0.2) is 0 Å². The van der Waals surface area contributed by atoms with Gasteiger partial charge in [-0.2, -0.15) is 0 Å². The lowest BCUT2D eigenvalue weighted by Gasteiger charge is -2.05. The number of benzene rings is 1. The first kappa shape index (κ1) is 11.5. The molecule has 0 saturated carbocycles. The Kier molecular flexibility index (Phi) is 3.42. The zero-order valence-electron chi connectivity index (χ0n) is 7.35. The summed E-state index contributed by atoms with van der Waals surface area (Å²) in [5, 5.41) is 0.522. The highest BCUT2D eigenvalue weighted by atomic mass is 79.9. The quantitative estimate of drug-likeness (QED) is 0.622. The van der Waals surface area contributed by atoms with Crippen LogP contribution in [-0.4, -0.2) is 4.98 Å². The third-order valence-electron chi connectivity index (χ3n) is 2.00. The summed E-state index contributed by atoms with van der Waals surface area (Å²) in [7, 11) is 0. The van der Waals surface area contributed by atoms with Crippen LogP contribution < -0.4 is 0 Å². The van der Waals surface area contributed by atoms with Crippen molar-refractivity contribution in [1.82, 2.24) is 4.98 Å². The van der Waals surface area contributed by atoms with Crippen molar-refractivity contribution < 1.29 is 4.39 Å². The second-order valence-electron chi connectivity index (χ2n) is 2.96. The monoisotopic (exact) mass is 395 g/mol. The zero-order valence-corrected chi connectivity index (χ0v) is 12.1. The Morgan fingerprint density at radius 3 is 2.53 bits per heavy atom. The molecule has 2 rings (SSSR count). The minimum Gasteiger partial charge on any atom is -0.249 e. The van der Waals surface area contributed by atoms with Gasteiger partial charge in [-0.25, -0.2) is 9.37 Å². The van der Waals surface area contributed by atoms with Crippen LogP contribution in [0.25, 0.3) is 10.9 Å². The lowest BCUT2D eigenvalue weighted by Crippen LogP contribution is -1.91. The van der Waals surface area contributed by atoms with E-state index in [1.165, 1.54) is 6.07 Å². The molecule has 0 spiro atoms. The van der Waals surface area contributed by atoms with E-state index in [0.717, 1.165) is 10.2 Å². The molecule has 0 aliphatic rings. The van der Waals surface area contributed by atoms with Gasteiger partial charge in [0.25, 0.3) is 0 Å². The molecule has 0 bridgehead atoms. The molecular weight excluding hydrogens is 393 g/mol. The fourth-order valence-corrected chi connectivity index (χ4v) is 2.23. The summed E-state index contributed by atoms with van der Waals surface area (Å²) >= 11 is 10.1. The Labute approximate surface area is 111 Å². The predicted octanol–water partition coefficient (Wildman–Crippen LogP) is 4.92. The molecule has 0 atom stereocenters. The summed E-state index contributed by atoms with van der Waals surface area (Å²) in [6.07, 6.45) is 0. The van der Waals surface area contributed by atoms with Gasteiger partial charge in [0.1, 0.15) is 9.55 Å². The molecule has 1 nitrogen and oxygen atoms in total. The lowest BCUT2D eigenvalue weighted by molar-refractivity contribution is 0.639. The number of alkyl halides is 2. The van der Waals surface area contributed by atoms with Crippen molar-refractivity contribution in [1.29, 1.82) is 0 Å². The van der Waals surface area contributed by atoms with Crippen molar-refractivity contribution in [3.05, 3.63) is 40.2 Å². The number of fused-ring (bicyclic) bond motifs is 1. The highest BCUT2D eigenvalue weighted by Gasteiger charge is 2.09. The topological polar surface area (TPSA) is 12.9 Å². The van der Waals surface area contributed by atoms with Crippen molar-refractivity contribution in [3.63, 3.8) is 0 Å². The molecule has 0 saturated heterocycles. The number of rotatable bonds is 1. The maximum absolute atomic E-state index is 13.4. The Hall–Kier alpha value is -0.000000000000000111. The molecule has 1 heterocycles. The minimum atomic E-state index is -0.257. The molecule has 78 valence electrons. The number of aromatic nitrogens is 1. The minimum absolute atomic E-state index is 0.0235. The molecule has 0 aliphatic heterocycles. The van der Waals surface area contributed by atoms with E-state index in [4.69, 9.17) is 0 Å². The summed E-state index contributed by atoms with van der Waals surface area (Å²) in [4.78, 5) is 4.35. The van der Waals surface area contributed by atoms with Crippen molar-refractivity contribution in [2.75, 3.05) is 0 Å². The fourth-order valence-electron chi connectivity index (χ4n) is 1.29. The largest absolute Gasteiger partial charge is 0.249 e. The van der Waals surface area contributed by atoms with Gasteiger partial charge in [-0.05, 0) is 40.2 Å². The van der Waals surface area contributed by atoms with Crippen LogP contribution in [0.1, 0.15) is 9.43 Å². The van der Waals surface area contributed by atoms with E-state index in [-0.39, 0.29) is 9.55 Å². The molecule has 0 radical (unpaired) electrons. The molecule has 1 aromatic heterocycles. The summed E-state index contributed by atoms with van der Waals surface area (Å²) in [6, 6.07) is 6.60. The van der Waals surface area contributed by atoms with Gasteiger partial charge >= 0.3 is 0 Å². The molecule has 0 amide bonds. The molecule has 0 fully saturated rings. The normalized spacial score (nSPS) is 11.3. The van der Waals surface area contributed by atoms with Crippen LogP contribution in [0.2, 0.25) is 0 Å². The van der Waals surface area contributed by atoms with Gasteiger partial charge < -0.3 is 0 Å². The molecule has 0 unspecified atom stereocenters. The van der Waals surface area contributed by atoms with E-state index in [2.05, 4.69) is 52.8 Å². The number of pyridine rings is 1. The first-order chi connectivity index (χ1) is 7.09. The highest BCUT2D eigenvalue weighted by Crippen LogP contribution is 2.31. The van der Waals surface area contributed by atoms with E-state index in [1.807, 2.05) is 0 Å². The van der Waals surface area contributed by atoms with Crippen LogP contribution in [0.4, 0.5) is 4.39 Å². The average Bonchev–Trinajstić information content (AvgIpc) is 2.23. The lowest BCUT2D eigenvalue weighted by atomic mass is 10.2. The first-order valence-electron chi connectivity index (χ1n) is 4.12. The van der Waals surface area contributed by atoms with Gasteiger partial charge in [-0.15, -0.1) is 0 Å². The number of halogens is 4. The standard InChI is InChI=1S/C10H5Br3FN/c11-6-2-3-7(14)5-1-4-8(10(12)13)15-9(5)6/h1-4,10H. The van der Waals surface area contributed by atoms with Crippen molar-refractivity contribution >= 4 is 58.7 Å². The smallest absolute Gasteiger partial charge is 0.132 e. The Balaban J connectivity index is 2.76. The fraction of sp³-hybridized carbons (Fsp3) is 0.100. The molecular formula is C10H5Br3FN. The maximum Gasteiger partial charge on any atom is 0.132 e. The second kappa shape index (κ2) is 4.47. The molecule has 1 aromatic carbocycles. The Morgan fingerprint density at radius 1 is 1.13 bits per heavy atom. The number of hydrogen-bond donors (Lipinski definition) is 0. The predicted molar refractivity (Wildman–Crippen MR) is 70.0 cm³/mol. The Bertz CT molecular complexity index is 513. The third kappa shape index (κ3) is 2.24. The van der Waals surface area contributed by atoms with Gasteiger partial charge in [-0.1, -0.05) is 31.9 Å². The van der Waals surface area contributed by atoms with Crippen LogP contribution in [-0.2, 0) is 0 Å². The van der Waals surface area contributed by atoms with Crippen molar-refractivity contribution in [2.24, 2.45) is 0 Å². The van der Waals surface area contributed by atoms with Gasteiger partial charge in [-0.3, -0.25) is 0 Å². The first-order valence-corrected chi connectivity index (χ1v) is 6.75. The summed E-state index contributed by atoms with van der Waals surface area (Å²) in [5.74, 6) is -0.257. The van der Waals surface area contributed by atoms with Crippen LogP contribution in [0.5, 0.6) is 0 Å². The Morgan fingerprint density at radius 2 is 1.87 bits per heavy atom. The molecule has 2 aromatic rings. The van der Waals surface area contributed by atoms with E-state index >= 15 is 0 Å². The zero-order chi connectivity index (χ0) is 11.0. The summed E-state index contributed by atoms with van der Waals surface area (Å²) in [5.41, 5.74) is 1.45. The van der Waals surface area contributed by atoms with Gasteiger partial charge in [0, 0.05) is 9.86 Å². The van der Waals surface area contributed by atoms with Crippen LogP contribution >= 0.6 is 47.8 Å². The SMILES string of the molecule is Fc1ccc(Br)c2nc(C(Br)Br)ccc12. The molecule has 5 heteroatoms. The number of hydrogen-bond acceptors (Lipinski definition) is 1. The maximum atomic E-state index is 13.4. The molecule has 0 aliphatic carbocycles. The van der Waals surface area contributed by atoms with Gasteiger partial charge in [0.2, 0.25) is 0 Å². The molecule has 0 N–H and O–H groups in total. The second-order valence-corrected chi connectivity index (χ2v) is 6.88. The molecule has 15 heavy (non-hydrogen) atoms. The van der Waals surface area contributed by atoms with E-state index in [9.17, 15) is 4.39 Å². The average molecular weight is 398 g/mol. The van der Waals surface area contributed by atoms with Crippen LogP contribution in [0, 0.1) is 5.82 Å². The number of nitrogens with zero attached hydrogens (tertiary/aromatic N) is 1. The highest BCUT2D eigenvalue weighted by molar-refractivity contribution is 9.24. The van der Waals surface area contributed by atoms with Crippen LogP contribution in [0.3, 0.4) is 0 Å². The van der Waals surface area contributed by atoms with Crippen LogP contribution in [0.15, 0.2) is 28.7 Å². The van der Waals surface area contributed by atoms with E-state index < -0.39 is 0 Å². The van der Waals surface area contributed by atoms with E-state index in [1.54, 1.807) is 18.2 Å².